The molecule has 0 saturated carbocycles. The van der Waals surface area contributed by atoms with E-state index < -0.39 is 10.0 Å². The summed E-state index contributed by atoms with van der Waals surface area (Å²) in [6.45, 7) is 2.50. The summed E-state index contributed by atoms with van der Waals surface area (Å²) in [4.78, 5) is 0.291. The van der Waals surface area contributed by atoms with Crippen LogP contribution < -0.4 is 10.5 Å². The largest absolute Gasteiger partial charge is 0.491 e. The monoisotopic (exact) mass is 314 g/mol. The highest BCUT2D eigenvalue weighted by molar-refractivity contribution is 7.89. The van der Waals surface area contributed by atoms with Gasteiger partial charge in [-0.3, -0.25) is 0 Å². The van der Waals surface area contributed by atoms with E-state index in [1.807, 2.05) is 0 Å². The molecule has 1 aromatic rings. The highest BCUT2D eigenvalue weighted by Crippen LogP contribution is 2.25. The molecular weight excluding hydrogens is 292 g/mol. The quantitative estimate of drug-likeness (QED) is 0.749. The Bertz CT molecular complexity index is 545. The lowest BCUT2D eigenvalue weighted by molar-refractivity contribution is 0.146. The maximum Gasteiger partial charge on any atom is 0.243 e. The molecule has 0 bridgehead atoms. The van der Waals surface area contributed by atoms with E-state index in [9.17, 15) is 8.42 Å². The second-order valence-corrected chi connectivity index (χ2v) is 7.00. The van der Waals surface area contributed by atoms with Crippen LogP contribution in [0.1, 0.15) is 6.42 Å². The molecule has 0 amide bonds. The van der Waals surface area contributed by atoms with Gasteiger partial charge in [0.15, 0.2) is 0 Å². The summed E-state index contributed by atoms with van der Waals surface area (Å²) in [5.41, 5.74) is 5.61. The SMILES string of the molecule is COCCOc1ccc(S(=O)(=O)N2CC[C@H](CN)C2)cc1. The average molecular weight is 314 g/mol. The molecule has 21 heavy (non-hydrogen) atoms. The Morgan fingerprint density at radius 1 is 1.29 bits per heavy atom. The Hall–Kier alpha value is -1.15. The third-order valence-electron chi connectivity index (χ3n) is 3.60. The van der Waals surface area contributed by atoms with Gasteiger partial charge in [0, 0.05) is 20.2 Å². The van der Waals surface area contributed by atoms with Crippen molar-refractivity contribution in [2.75, 3.05) is 40.0 Å². The Morgan fingerprint density at radius 2 is 2.00 bits per heavy atom. The summed E-state index contributed by atoms with van der Waals surface area (Å²) in [5.74, 6) is 0.892. The zero-order valence-electron chi connectivity index (χ0n) is 12.2. The molecule has 1 aliphatic heterocycles. The predicted molar refractivity (Wildman–Crippen MR) is 79.7 cm³/mol. The van der Waals surface area contributed by atoms with Crippen molar-refractivity contribution in [2.24, 2.45) is 11.7 Å². The predicted octanol–water partition coefficient (Wildman–Crippen LogP) is 0.681. The topological polar surface area (TPSA) is 81.9 Å². The van der Waals surface area contributed by atoms with Crippen LogP contribution in [-0.2, 0) is 14.8 Å². The zero-order chi connectivity index (χ0) is 15.3. The molecule has 118 valence electrons. The van der Waals surface area contributed by atoms with Crippen molar-refractivity contribution >= 4 is 10.0 Å². The van der Waals surface area contributed by atoms with E-state index in [0.717, 1.165) is 6.42 Å². The van der Waals surface area contributed by atoms with Gasteiger partial charge in [-0.2, -0.15) is 4.31 Å². The number of nitrogens with zero attached hydrogens (tertiary/aromatic N) is 1. The summed E-state index contributed by atoms with van der Waals surface area (Å²) in [6, 6.07) is 6.48. The number of nitrogens with two attached hydrogens (primary N) is 1. The number of benzene rings is 1. The summed E-state index contributed by atoms with van der Waals surface area (Å²) in [7, 11) is -1.83. The molecule has 0 spiro atoms. The van der Waals surface area contributed by atoms with Crippen molar-refractivity contribution in [3.8, 4) is 5.75 Å². The van der Waals surface area contributed by atoms with Gasteiger partial charge < -0.3 is 15.2 Å². The summed E-state index contributed by atoms with van der Waals surface area (Å²) >= 11 is 0. The van der Waals surface area contributed by atoms with Gasteiger partial charge in [0.05, 0.1) is 11.5 Å². The van der Waals surface area contributed by atoms with Crippen LogP contribution in [0, 0.1) is 5.92 Å². The Labute approximate surface area is 125 Å². The molecule has 0 aromatic heterocycles. The average Bonchev–Trinajstić information content (AvgIpc) is 2.98. The number of ether oxygens (including phenoxy) is 2. The van der Waals surface area contributed by atoms with Crippen molar-refractivity contribution in [1.29, 1.82) is 0 Å². The van der Waals surface area contributed by atoms with E-state index in [1.165, 1.54) is 4.31 Å². The van der Waals surface area contributed by atoms with Crippen LogP contribution in [0.25, 0.3) is 0 Å². The van der Waals surface area contributed by atoms with Gasteiger partial charge in [-0.15, -0.1) is 0 Å². The van der Waals surface area contributed by atoms with E-state index in [4.69, 9.17) is 15.2 Å². The molecule has 2 N–H and O–H groups in total. The van der Waals surface area contributed by atoms with Crippen LogP contribution in [0.5, 0.6) is 5.75 Å². The Kier molecular flexibility index (Phi) is 5.58. The van der Waals surface area contributed by atoms with Crippen molar-refractivity contribution < 1.29 is 17.9 Å². The molecule has 1 fully saturated rings. The van der Waals surface area contributed by atoms with Crippen LogP contribution in [0.3, 0.4) is 0 Å². The third kappa shape index (κ3) is 3.94. The fraction of sp³-hybridized carbons (Fsp3) is 0.571. The maximum atomic E-state index is 12.5. The van der Waals surface area contributed by atoms with Gasteiger partial charge in [0.1, 0.15) is 12.4 Å². The maximum absolute atomic E-state index is 12.5. The molecule has 1 saturated heterocycles. The summed E-state index contributed by atoms with van der Waals surface area (Å²) in [5, 5.41) is 0. The molecule has 1 aliphatic rings. The smallest absolute Gasteiger partial charge is 0.243 e. The lowest BCUT2D eigenvalue weighted by Gasteiger charge is -2.16. The number of hydrogen-bond donors (Lipinski definition) is 1. The van der Waals surface area contributed by atoms with Crippen LogP contribution in [0.4, 0.5) is 0 Å². The van der Waals surface area contributed by atoms with E-state index in [0.29, 0.717) is 43.5 Å². The molecule has 0 unspecified atom stereocenters. The normalized spacial score (nSPS) is 19.8. The zero-order valence-corrected chi connectivity index (χ0v) is 13.0. The van der Waals surface area contributed by atoms with Gasteiger partial charge in [-0.25, -0.2) is 8.42 Å². The first-order valence-corrected chi connectivity index (χ1v) is 8.44. The van der Waals surface area contributed by atoms with Crippen molar-refractivity contribution in [2.45, 2.75) is 11.3 Å². The molecule has 6 nitrogen and oxygen atoms in total. The van der Waals surface area contributed by atoms with E-state index >= 15 is 0 Å². The molecule has 1 atom stereocenters. The minimum atomic E-state index is -3.43. The van der Waals surface area contributed by atoms with Gasteiger partial charge in [-0.1, -0.05) is 0 Å². The standard InChI is InChI=1S/C14H22N2O4S/c1-19-8-9-20-13-2-4-14(5-3-13)21(17,18)16-7-6-12(10-15)11-16/h2-5,12H,6-11,15H2,1H3/t12-/m1/s1. The van der Waals surface area contributed by atoms with Crippen LogP contribution in [0.2, 0.25) is 0 Å². The van der Waals surface area contributed by atoms with Crippen LogP contribution >= 0.6 is 0 Å². The second-order valence-electron chi connectivity index (χ2n) is 5.07. The van der Waals surface area contributed by atoms with Crippen LogP contribution in [0.15, 0.2) is 29.2 Å². The van der Waals surface area contributed by atoms with E-state index in [-0.39, 0.29) is 5.92 Å². The van der Waals surface area contributed by atoms with Gasteiger partial charge in [0.2, 0.25) is 10.0 Å². The van der Waals surface area contributed by atoms with Gasteiger partial charge >= 0.3 is 0 Å². The number of sulfonamides is 1. The van der Waals surface area contributed by atoms with Gasteiger partial charge in [-0.05, 0) is 43.1 Å². The highest BCUT2D eigenvalue weighted by Gasteiger charge is 2.31. The molecular formula is C14H22N2O4S. The molecule has 1 aromatic carbocycles. The Balaban J connectivity index is 2.03. The second kappa shape index (κ2) is 7.22. The first-order chi connectivity index (χ1) is 10.1. The molecule has 2 rings (SSSR count). The lowest BCUT2D eigenvalue weighted by Crippen LogP contribution is -2.30. The minimum absolute atomic E-state index is 0.261. The first-order valence-electron chi connectivity index (χ1n) is 7.00. The Morgan fingerprint density at radius 3 is 2.57 bits per heavy atom. The number of rotatable bonds is 7. The minimum Gasteiger partial charge on any atom is -0.491 e. The van der Waals surface area contributed by atoms with E-state index in [1.54, 1.807) is 31.4 Å². The fourth-order valence-corrected chi connectivity index (χ4v) is 3.84. The highest BCUT2D eigenvalue weighted by atomic mass is 32.2. The molecule has 0 radical (unpaired) electrons. The summed E-state index contributed by atoms with van der Waals surface area (Å²) in [6.07, 6.45) is 0.827. The first kappa shape index (κ1) is 16.2. The van der Waals surface area contributed by atoms with Crippen molar-refractivity contribution in [1.82, 2.24) is 4.31 Å². The molecule has 7 heteroatoms. The van der Waals surface area contributed by atoms with Crippen LogP contribution in [-0.4, -0.2) is 52.7 Å². The fourth-order valence-electron chi connectivity index (χ4n) is 2.31. The van der Waals surface area contributed by atoms with E-state index in [2.05, 4.69) is 0 Å². The lowest BCUT2D eigenvalue weighted by atomic mass is 10.1. The molecule has 1 heterocycles. The summed E-state index contributed by atoms with van der Waals surface area (Å²) < 4.78 is 36.8. The molecule has 0 aliphatic carbocycles. The number of hydrogen-bond acceptors (Lipinski definition) is 5. The van der Waals surface area contributed by atoms with Crippen molar-refractivity contribution in [3.05, 3.63) is 24.3 Å². The number of methoxy groups -OCH3 is 1. The van der Waals surface area contributed by atoms with Gasteiger partial charge in [0.25, 0.3) is 0 Å². The van der Waals surface area contributed by atoms with Crippen molar-refractivity contribution in [3.63, 3.8) is 0 Å². The third-order valence-corrected chi connectivity index (χ3v) is 5.48.